The first-order valence-corrected chi connectivity index (χ1v) is 3.18. The van der Waals surface area contributed by atoms with Gasteiger partial charge >= 0.3 is 0 Å². The maximum absolute atomic E-state index is 9.63. The molecule has 0 radical (unpaired) electrons. The topological polar surface area (TPSA) is 42.3 Å². The SMILES string of the molecule is O=C=Nc1cc(Cl)ns1. The fourth-order valence-electron chi connectivity index (χ4n) is 0.343. The Morgan fingerprint density at radius 2 is 2.67 bits per heavy atom. The first kappa shape index (κ1) is 6.42. The third-order valence-electron chi connectivity index (χ3n) is 0.625. The van der Waals surface area contributed by atoms with Crippen LogP contribution in [0.2, 0.25) is 5.15 Å². The second kappa shape index (κ2) is 2.73. The van der Waals surface area contributed by atoms with E-state index in [1.807, 2.05) is 0 Å². The van der Waals surface area contributed by atoms with Gasteiger partial charge in [0, 0.05) is 6.07 Å². The van der Waals surface area contributed by atoms with Crippen molar-refractivity contribution in [2.45, 2.75) is 0 Å². The second-order valence-corrected chi connectivity index (χ2v) is 2.36. The fraction of sp³-hybridized carbons (Fsp3) is 0. The second-order valence-electron chi connectivity index (χ2n) is 1.19. The molecule has 0 unspecified atom stereocenters. The number of isocyanates is 1. The largest absolute Gasteiger partial charge is 0.241 e. The molecule has 1 aromatic heterocycles. The van der Waals surface area contributed by atoms with Crippen molar-refractivity contribution in [1.82, 2.24) is 4.37 Å². The minimum atomic E-state index is 0.356. The number of aliphatic imine (C=N–C) groups is 1. The summed E-state index contributed by atoms with van der Waals surface area (Å²) in [6.07, 6.45) is 1.38. The van der Waals surface area contributed by atoms with Gasteiger partial charge < -0.3 is 0 Å². The van der Waals surface area contributed by atoms with E-state index in [9.17, 15) is 4.79 Å². The number of halogens is 1. The summed E-state index contributed by atoms with van der Waals surface area (Å²) in [5.74, 6) is 0. The van der Waals surface area contributed by atoms with E-state index in [4.69, 9.17) is 11.6 Å². The highest BCUT2D eigenvalue weighted by Crippen LogP contribution is 2.21. The molecule has 0 amide bonds. The highest BCUT2D eigenvalue weighted by atomic mass is 35.5. The van der Waals surface area contributed by atoms with Crippen LogP contribution >= 0.6 is 23.1 Å². The van der Waals surface area contributed by atoms with Gasteiger partial charge in [-0.2, -0.15) is 9.37 Å². The monoisotopic (exact) mass is 160 g/mol. The Bertz CT molecular complexity index is 253. The molecule has 0 aliphatic carbocycles. The van der Waals surface area contributed by atoms with Crippen LogP contribution in [0.3, 0.4) is 0 Å². The highest BCUT2D eigenvalue weighted by molar-refractivity contribution is 7.10. The standard InChI is InChI=1S/C4HClN2OS/c5-3-1-4(6-2-8)9-7-3/h1H. The lowest BCUT2D eigenvalue weighted by Gasteiger charge is -1.67. The average molecular weight is 161 g/mol. The van der Waals surface area contributed by atoms with Crippen LogP contribution in [0.1, 0.15) is 0 Å². The molecule has 0 atom stereocenters. The van der Waals surface area contributed by atoms with E-state index in [0.717, 1.165) is 11.5 Å². The number of nitrogens with zero attached hydrogens (tertiary/aromatic N) is 2. The third kappa shape index (κ3) is 1.61. The van der Waals surface area contributed by atoms with Crippen LogP contribution in [0, 0.1) is 0 Å². The zero-order chi connectivity index (χ0) is 6.69. The molecular weight excluding hydrogens is 160 g/mol. The Hall–Kier alpha value is -0.700. The van der Waals surface area contributed by atoms with Crippen molar-refractivity contribution >= 4 is 34.2 Å². The van der Waals surface area contributed by atoms with Crippen LogP contribution in [0.15, 0.2) is 11.1 Å². The van der Waals surface area contributed by atoms with Crippen molar-refractivity contribution in [1.29, 1.82) is 0 Å². The van der Waals surface area contributed by atoms with E-state index >= 15 is 0 Å². The highest BCUT2D eigenvalue weighted by Gasteiger charge is 1.94. The lowest BCUT2D eigenvalue weighted by Crippen LogP contribution is -1.48. The van der Waals surface area contributed by atoms with Crippen LogP contribution in [-0.2, 0) is 4.79 Å². The molecule has 0 aliphatic heterocycles. The van der Waals surface area contributed by atoms with Crippen molar-refractivity contribution in [3.63, 3.8) is 0 Å². The molecule has 0 N–H and O–H groups in total. The Morgan fingerprint density at radius 1 is 1.89 bits per heavy atom. The molecule has 0 saturated carbocycles. The van der Waals surface area contributed by atoms with Crippen molar-refractivity contribution in [3.05, 3.63) is 11.2 Å². The minimum Gasteiger partial charge on any atom is -0.211 e. The summed E-state index contributed by atoms with van der Waals surface area (Å²) in [5, 5.41) is 0.837. The van der Waals surface area contributed by atoms with E-state index in [-0.39, 0.29) is 0 Å². The van der Waals surface area contributed by atoms with E-state index in [0.29, 0.717) is 10.2 Å². The molecule has 0 aliphatic rings. The summed E-state index contributed by atoms with van der Waals surface area (Å²) >= 11 is 6.47. The van der Waals surface area contributed by atoms with Gasteiger partial charge in [-0.3, -0.25) is 0 Å². The van der Waals surface area contributed by atoms with Gasteiger partial charge in [-0.15, -0.1) is 0 Å². The number of rotatable bonds is 1. The summed E-state index contributed by atoms with van der Waals surface area (Å²) in [7, 11) is 0. The van der Waals surface area contributed by atoms with Crippen LogP contribution in [-0.4, -0.2) is 10.5 Å². The molecule has 0 aromatic carbocycles. The predicted molar refractivity (Wildman–Crippen MR) is 34.9 cm³/mol. The average Bonchev–Trinajstić information content (AvgIpc) is 2.17. The fourth-order valence-corrected chi connectivity index (χ4v) is 1.09. The Balaban J connectivity index is 2.97. The third-order valence-corrected chi connectivity index (χ3v) is 1.60. The summed E-state index contributed by atoms with van der Waals surface area (Å²) in [6, 6.07) is 1.50. The smallest absolute Gasteiger partial charge is 0.211 e. The molecule has 3 nitrogen and oxygen atoms in total. The van der Waals surface area contributed by atoms with Crippen molar-refractivity contribution in [2.75, 3.05) is 0 Å². The van der Waals surface area contributed by atoms with Crippen LogP contribution < -0.4 is 0 Å². The van der Waals surface area contributed by atoms with Crippen LogP contribution in [0.4, 0.5) is 5.00 Å². The molecule has 0 bridgehead atoms. The van der Waals surface area contributed by atoms with Gasteiger partial charge in [0.25, 0.3) is 0 Å². The van der Waals surface area contributed by atoms with E-state index in [2.05, 4.69) is 9.37 Å². The van der Waals surface area contributed by atoms with Crippen LogP contribution in [0.5, 0.6) is 0 Å². The van der Waals surface area contributed by atoms with Crippen molar-refractivity contribution in [2.24, 2.45) is 4.99 Å². The maximum atomic E-state index is 9.63. The maximum Gasteiger partial charge on any atom is 0.241 e. The molecule has 9 heavy (non-hydrogen) atoms. The normalized spacial score (nSPS) is 8.56. The van der Waals surface area contributed by atoms with Gasteiger partial charge in [-0.25, -0.2) is 4.79 Å². The molecule has 46 valence electrons. The van der Waals surface area contributed by atoms with Gasteiger partial charge in [0.2, 0.25) is 6.08 Å². The van der Waals surface area contributed by atoms with Gasteiger partial charge in [-0.05, 0) is 11.5 Å². The molecule has 5 heteroatoms. The molecule has 1 rings (SSSR count). The van der Waals surface area contributed by atoms with E-state index in [1.54, 1.807) is 0 Å². The summed E-state index contributed by atoms with van der Waals surface area (Å²) in [6.45, 7) is 0. The molecule has 1 aromatic rings. The first-order chi connectivity index (χ1) is 4.33. The van der Waals surface area contributed by atoms with Gasteiger partial charge in [0.1, 0.15) is 5.15 Å². The minimum absolute atomic E-state index is 0.356. The molecule has 0 saturated heterocycles. The zero-order valence-corrected chi connectivity index (χ0v) is 5.74. The number of aromatic nitrogens is 1. The Morgan fingerprint density at radius 3 is 3.11 bits per heavy atom. The lowest BCUT2D eigenvalue weighted by atomic mass is 10.7. The van der Waals surface area contributed by atoms with Crippen molar-refractivity contribution in [3.8, 4) is 0 Å². The Labute approximate surface area is 60.2 Å². The zero-order valence-electron chi connectivity index (χ0n) is 4.17. The van der Waals surface area contributed by atoms with Gasteiger partial charge in [0.05, 0.1) is 0 Å². The summed E-state index contributed by atoms with van der Waals surface area (Å²) < 4.78 is 3.67. The molecule has 0 spiro atoms. The summed E-state index contributed by atoms with van der Waals surface area (Å²) in [4.78, 5) is 12.9. The first-order valence-electron chi connectivity index (χ1n) is 2.03. The van der Waals surface area contributed by atoms with Gasteiger partial charge in [-0.1, -0.05) is 11.6 Å². The Kier molecular flexibility index (Phi) is 1.95. The number of hydrogen-bond acceptors (Lipinski definition) is 4. The van der Waals surface area contributed by atoms with Gasteiger partial charge in [0.15, 0.2) is 5.00 Å². The number of carbonyl (C=O) groups excluding carboxylic acids is 1. The predicted octanol–water partition coefficient (Wildman–Crippen LogP) is 1.76. The van der Waals surface area contributed by atoms with E-state index < -0.39 is 0 Å². The van der Waals surface area contributed by atoms with Crippen molar-refractivity contribution < 1.29 is 4.79 Å². The van der Waals surface area contributed by atoms with E-state index in [1.165, 1.54) is 12.1 Å². The lowest BCUT2D eigenvalue weighted by molar-refractivity contribution is 0.565. The van der Waals surface area contributed by atoms with Crippen LogP contribution in [0.25, 0.3) is 0 Å². The summed E-state index contributed by atoms with van der Waals surface area (Å²) in [5.41, 5.74) is 0. The number of hydrogen-bond donors (Lipinski definition) is 0. The molecular formula is C4HClN2OS. The molecule has 1 heterocycles. The molecule has 0 fully saturated rings. The quantitative estimate of drug-likeness (QED) is 0.464.